The SMILES string of the molecule is C[C@H](CN(Cc1ccccn1)C(=O)COc1ccccc1)NC(=O)OC(C)(C)C. The van der Waals surface area contributed by atoms with Crippen LogP contribution in [0.25, 0.3) is 0 Å². The van der Waals surface area contributed by atoms with Crippen molar-refractivity contribution >= 4 is 12.0 Å². The van der Waals surface area contributed by atoms with E-state index in [-0.39, 0.29) is 18.6 Å². The van der Waals surface area contributed by atoms with Crippen molar-refractivity contribution in [3.8, 4) is 5.75 Å². The molecular formula is C22H29N3O4. The highest BCUT2D eigenvalue weighted by molar-refractivity contribution is 5.78. The summed E-state index contributed by atoms with van der Waals surface area (Å²) in [5, 5.41) is 2.77. The number of rotatable bonds is 8. The second-order valence-corrected chi connectivity index (χ2v) is 7.74. The van der Waals surface area contributed by atoms with E-state index in [1.165, 1.54) is 0 Å². The number of ether oxygens (including phenoxy) is 2. The molecule has 0 aliphatic heterocycles. The van der Waals surface area contributed by atoms with Gasteiger partial charge in [-0.3, -0.25) is 9.78 Å². The van der Waals surface area contributed by atoms with Gasteiger partial charge in [0.1, 0.15) is 11.4 Å². The molecule has 0 bridgehead atoms. The maximum Gasteiger partial charge on any atom is 0.407 e. The molecule has 1 atom stereocenters. The van der Waals surface area contributed by atoms with Crippen molar-refractivity contribution in [2.45, 2.75) is 45.9 Å². The first kappa shape index (κ1) is 22.2. The van der Waals surface area contributed by atoms with Gasteiger partial charge in [0, 0.05) is 18.8 Å². The summed E-state index contributed by atoms with van der Waals surface area (Å²) in [7, 11) is 0. The topological polar surface area (TPSA) is 80.8 Å². The molecule has 1 aromatic heterocycles. The van der Waals surface area contributed by atoms with Crippen LogP contribution in [-0.2, 0) is 16.1 Å². The molecule has 1 heterocycles. The van der Waals surface area contributed by atoms with E-state index in [2.05, 4.69) is 10.3 Å². The summed E-state index contributed by atoms with van der Waals surface area (Å²) in [5.74, 6) is 0.427. The van der Waals surface area contributed by atoms with Gasteiger partial charge in [-0.15, -0.1) is 0 Å². The third-order valence-electron chi connectivity index (χ3n) is 3.79. The third-order valence-corrected chi connectivity index (χ3v) is 3.79. The van der Waals surface area contributed by atoms with E-state index in [4.69, 9.17) is 9.47 Å². The molecule has 0 fully saturated rings. The van der Waals surface area contributed by atoms with Gasteiger partial charge in [0.05, 0.1) is 12.2 Å². The Morgan fingerprint density at radius 1 is 1.10 bits per heavy atom. The Balaban J connectivity index is 2.00. The fourth-order valence-corrected chi connectivity index (χ4v) is 2.58. The monoisotopic (exact) mass is 399 g/mol. The molecule has 0 aliphatic carbocycles. The van der Waals surface area contributed by atoms with Crippen LogP contribution < -0.4 is 10.1 Å². The lowest BCUT2D eigenvalue weighted by molar-refractivity contribution is -0.134. The second kappa shape index (κ2) is 10.5. The zero-order valence-corrected chi connectivity index (χ0v) is 17.4. The standard InChI is InChI=1S/C22H29N3O4/c1-17(24-21(27)29-22(2,3)4)14-25(15-18-10-8-9-13-23-18)20(26)16-28-19-11-6-5-7-12-19/h5-13,17H,14-16H2,1-4H3,(H,24,27)/t17-/m1/s1. The Bertz CT molecular complexity index is 776. The molecule has 1 aromatic carbocycles. The van der Waals surface area contributed by atoms with Crippen molar-refractivity contribution in [2.75, 3.05) is 13.2 Å². The number of carbonyl (C=O) groups excluding carboxylic acids is 2. The minimum absolute atomic E-state index is 0.101. The number of nitrogens with one attached hydrogen (secondary N) is 1. The molecule has 0 radical (unpaired) electrons. The molecule has 29 heavy (non-hydrogen) atoms. The summed E-state index contributed by atoms with van der Waals surface area (Å²) in [6.07, 6.45) is 1.16. The summed E-state index contributed by atoms with van der Waals surface area (Å²) < 4.78 is 10.9. The quantitative estimate of drug-likeness (QED) is 0.736. The molecule has 2 rings (SSSR count). The maximum absolute atomic E-state index is 12.8. The fraction of sp³-hybridized carbons (Fsp3) is 0.409. The number of alkyl carbamates (subject to hydrolysis) is 1. The number of hydrogen-bond donors (Lipinski definition) is 1. The number of benzene rings is 1. The number of carbonyl (C=O) groups is 2. The Hall–Kier alpha value is -3.09. The molecule has 1 N–H and O–H groups in total. The first-order valence-electron chi connectivity index (χ1n) is 9.58. The number of nitrogens with zero attached hydrogens (tertiary/aromatic N) is 2. The van der Waals surface area contributed by atoms with Crippen molar-refractivity contribution in [3.05, 3.63) is 60.4 Å². The van der Waals surface area contributed by atoms with Crippen LogP contribution in [0.3, 0.4) is 0 Å². The van der Waals surface area contributed by atoms with Gasteiger partial charge in [-0.1, -0.05) is 24.3 Å². The van der Waals surface area contributed by atoms with E-state index in [1.54, 1.807) is 44.0 Å². The highest BCUT2D eigenvalue weighted by Gasteiger charge is 2.22. The Labute approximate surface area is 172 Å². The van der Waals surface area contributed by atoms with Gasteiger partial charge >= 0.3 is 6.09 Å². The molecular weight excluding hydrogens is 370 g/mol. The maximum atomic E-state index is 12.8. The van der Waals surface area contributed by atoms with E-state index in [9.17, 15) is 9.59 Å². The number of hydrogen-bond acceptors (Lipinski definition) is 5. The first-order valence-corrected chi connectivity index (χ1v) is 9.58. The van der Waals surface area contributed by atoms with Gasteiger partial charge in [-0.25, -0.2) is 4.79 Å². The molecule has 0 spiro atoms. The average Bonchev–Trinajstić information content (AvgIpc) is 2.65. The minimum Gasteiger partial charge on any atom is -0.484 e. The van der Waals surface area contributed by atoms with Crippen LogP contribution in [0.1, 0.15) is 33.4 Å². The van der Waals surface area contributed by atoms with Crippen LogP contribution in [0.4, 0.5) is 4.79 Å². The summed E-state index contributed by atoms with van der Waals surface area (Å²) in [4.78, 5) is 30.7. The van der Waals surface area contributed by atoms with Crippen LogP contribution in [0.2, 0.25) is 0 Å². The summed E-state index contributed by atoms with van der Waals surface area (Å²) in [6, 6.07) is 14.4. The molecule has 0 aliphatic rings. The molecule has 7 nitrogen and oxygen atoms in total. The smallest absolute Gasteiger partial charge is 0.407 e. The Morgan fingerprint density at radius 3 is 2.41 bits per heavy atom. The molecule has 156 valence electrons. The lowest BCUT2D eigenvalue weighted by atomic mass is 10.2. The van der Waals surface area contributed by atoms with Crippen LogP contribution in [0.5, 0.6) is 5.75 Å². The highest BCUT2D eigenvalue weighted by Crippen LogP contribution is 2.10. The number of para-hydroxylation sites is 1. The zero-order valence-electron chi connectivity index (χ0n) is 17.4. The molecule has 2 amide bonds. The van der Waals surface area contributed by atoms with Crippen molar-refractivity contribution in [2.24, 2.45) is 0 Å². The van der Waals surface area contributed by atoms with Gasteiger partial charge in [0.25, 0.3) is 5.91 Å². The molecule has 0 saturated heterocycles. The van der Waals surface area contributed by atoms with Crippen LogP contribution in [0.15, 0.2) is 54.7 Å². The highest BCUT2D eigenvalue weighted by atomic mass is 16.6. The lowest BCUT2D eigenvalue weighted by Crippen LogP contribution is -2.46. The summed E-state index contributed by atoms with van der Waals surface area (Å²) >= 11 is 0. The zero-order chi connectivity index (χ0) is 21.3. The number of pyridine rings is 1. The summed E-state index contributed by atoms with van der Waals surface area (Å²) in [6.45, 7) is 7.74. The summed E-state index contributed by atoms with van der Waals surface area (Å²) in [5.41, 5.74) is 0.168. The van der Waals surface area contributed by atoms with Crippen LogP contribution in [-0.4, -0.2) is 46.7 Å². The van der Waals surface area contributed by atoms with E-state index in [0.717, 1.165) is 5.69 Å². The van der Waals surface area contributed by atoms with Gasteiger partial charge in [0.2, 0.25) is 0 Å². The number of aromatic nitrogens is 1. The van der Waals surface area contributed by atoms with E-state index < -0.39 is 11.7 Å². The van der Waals surface area contributed by atoms with E-state index in [1.807, 2.05) is 43.3 Å². The van der Waals surface area contributed by atoms with E-state index in [0.29, 0.717) is 18.8 Å². The van der Waals surface area contributed by atoms with Crippen LogP contribution in [0, 0.1) is 0 Å². The Morgan fingerprint density at radius 2 is 1.79 bits per heavy atom. The van der Waals surface area contributed by atoms with Crippen molar-refractivity contribution < 1.29 is 19.1 Å². The van der Waals surface area contributed by atoms with Crippen molar-refractivity contribution in [1.82, 2.24) is 15.2 Å². The largest absolute Gasteiger partial charge is 0.484 e. The molecule has 2 aromatic rings. The first-order chi connectivity index (χ1) is 13.7. The Kier molecular flexibility index (Phi) is 8.00. The van der Waals surface area contributed by atoms with Crippen LogP contribution >= 0.6 is 0 Å². The normalized spacial score (nSPS) is 12.0. The predicted molar refractivity (Wildman–Crippen MR) is 110 cm³/mol. The minimum atomic E-state index is -0.587. The predicted octanol–water partition coefficient (Wildman–Crippen LogP) is 3.40. The van der Waals surface area contributed by atoms with Gasteiger partial charge < -0.3 is 19.7 Å². The third kappa shape index (κ3) is 8.64. The van der Waals surface area contributed by atoms with Crippen molar-refractivity contribution in [3.63, 3.8) is 0 Å². The molecule has 7 heteroatoms. The van der Waals surface area contributed by atoms with Crippen molar-refractivity contribution in [1.29, 1.82) is 0 Å². The van der Waals surface area contributed by atoms with E-state index >= 15 is 0 Å². The van der Waals surface area contributed by atoms with Gasteiger partial charge in [-0.2, -0.15) is 0 Å². The number of amides is 2. The van der Waals surface area contributed by atoms with Gasteiger partial charge in [-0.05, 0) is 52.0 Å². The second-order valence-electron chi connectivity index (χ2n) is 7.74. The molecule has 0 saturated carbocycles. The average molecular weight is 399 g/mol. The lowest BCUT2D eigenvalue weighted by Gasteiger charge is -2.27. The molecule has 0 unspecified atom stereocenters. The fourth-order valence-electron chi connectivity index (χ4n) is 2.58. The van der Waals surface area contributed by atoms with Gasteiger partial charge in [0.15, 0.2) is 6.61 Å².